The van der Waals surface area contributed by atoms with Crippen LogP contribution >= 0.6 is 23.8 Å². The first-order valence-electron chi connectivity index (χ1n) is 6.97. The lowest BCUT2D eigenvalue weighted by atomic mass is 9.64. The molecule has 1 heterocycles. The second-order valence-corrected chi connectivity index (χ2v) is 6.75. The van der Waals surface area contributed by atoms with Crippen molar-refractivity contribution in [1.29, 1.82) is 0 Å². The van der Waals surface area contributed by atoms with Gasteiger partial charge in [0.15, 0.2) is 4.77 Å². The van der Waals surface area contributed by atoms with Gasteiger partial charge in [0.2, 0.25) is 0 Å². The standard InChI is InChI=1S/C15H19ClN2OS/c1-4-19-12-8-11(15(12,2)3)18-13-9(16)6-5-7-10(13)17-14(18)20/h5-7,11-12H,4,8H2,1-3H3,(H,17,20). The fourth-order valence-electron chi connectivity index (χ4n) is 3.22. The van der Waals surface area contributed by atoms with Gasteiger partial charge in [0, 0.05) is 18.1 Å². The summed E-state index contributed by atoms with van der Waals surface area (Å²) in [6, 6.07) is 6.18. The molecule has 1 aromatic carbocycles. The van der Waals surface area contributed by atoms with E-state index in [2.05, 4.69) is 23.4 Å². The number of rotatable bonds is 3. The number of halogens is 1. The molecule has 0 radical (unpaired) electrons. The first-order chi connectivity index (χ1) is 9.46. The van der Waals surface area contributed by atoms with E-state index in [-0.39, 0.29) is 11.5 Å². The predicted octanol–water partition coefficient (Wildman–Crippen LogP) is 4.73. The van der Waals surface area contributed by atoms with Crippen molar-refractivity contribution in [2.24, 2.45) is 5.41 Å². The van der Waals surface area contributed by atoms with Crippen LogP contribution in [0.4, 0.5) is 0 Å². The zero-order valence-electron chi connectivity index (χ0n) is 11.9. The van der Waals surface area contributed by atoms with Crippen molar-refractivity contribution in [3.8, 4) is 0 Å². The zero-order chi connectivity index (χ0) is 14.5. The number of benzene rings is 1. The highest BCUT2D eigenvalue weighted by Crippen LogP contribution is 2.52. The van der Waals surface area contributed by atoms with E-state index in [1.807, 2.05) is 25.1 Å². The Morgan fingerprint density at radius 3 is 2.90 bits per heavy atom. The van der Waals surface area contributed by atoms with Crippen LogP contribution in [-0.4, -0.2) is 22.3 Å². The summed E-state index contributed by atoms with van der Waals surface area (Å²) in [6.45, 7) is 7.26. The number of nitrogens with one attached hydrogen (secondary N) is 1. The Bertz CT molecular complexity index is 703. The van der Waals surface area contributed by atoms with Crippen molar-refractivity contribution >= 4 is 34.9 Å². The molecule has 0 amide bonds. The molecule has 108 valence electrons. The Labute approximate surface area is 128 Å². The Morgan fingerprint density at radius 2 is 2.25 bits per heavy atom. The van der Waals surface area contributed by atoms with Gasteiger partial charge in [-0.05, 0) is 37.7 Å². The number of imidazole rings is 1. The van der Waals surface area contributed by atoms with Crippen molar-refractivity contribution in [2.45, 2.75) is 39.3 Å². The summed E-state index contributed by atoms with van der Waals surface area (Å²) < 4.78 is 8.72. The van der Waals surface area contributed by atoms with Crippen LogP contribution in [0.1, 0.15) is 33.2 Å². The number of aromatic amines is 1. The Hall–Kier alpha value is -0.840. The third kappa shape index (κ3) is 1.93. The summed E-state index contributed by atoms with van der Waals surface area (Å²) in [5, 5.41) is 0.741. The van der Waals surface area contributed by atoms with E-state index in [9.17, 15) is 0 Å². The second kappa shape index (κ2) is 4.86. The number of ether oxygens (including phenoxy) is 1. The van der Waals surface area contributed by atoms with Crippen LogP contribution in [0.3, 0.4) is 0 Å². The van der Waals surface area contributed by atoms with E-state index in [4.69, 9.17) is 28.6 Å². The van der Waals surface area contributed by atoms with Crippen molar-refractivity contribution in [1.82, 2.24) is 9.55 Å². The molecule has 0 bridgehead atoms. The average Bonchev–Trinajstić information content (AvgIpc) is 2.71. The highest BCUT2D eigenvalue weighted by Gasteiger charge is 2.50. The molecular formula is C15H19ClN2OS. The maximum absolute atomic E-state index is 6.37. The molecule has 0 spiro atoms. The molecule has 2 atom stereocenters. The summed E-state index contributed by atoms with van der Waals surface area (Å²) >= 11 is 11.9. The number of fused-ring (bicyclic) bond motifs is 1. The van der Waals surface area contributed by atoms with Gasteiger partial charge in [0.05, 0.1) is 22.2 Å². The SMILES string of the molecule is CCOC1CC(n2c(=S)[nH]c3cccc(Cl)c32)C1(C)C. The first-order valence-corrected chi connectivity index (χ1v) is 7.75. The number of hydrogen-bond donors (Lipinski definition) is 1. The van der Waals surface area contributed by atoms with Crippen LogP contribution in [0, 0.1) is 10.2 Å². The smallest absolute Gasteiger partial charge is 0.178 e. The predicted molar refractivity (Wildman–Crippen MR) is 85.0 cm³/mol. The molecule has 0 aliphatic heterocycles. The van der Waals surface area contributed by atoms with Gasteiger partial charge >= 0.3 is 0 Å². The Morgan fingerprint density at radius 1 is 1.50 bits per heavy atom. The highest BCUT2D eigenvalue weighted by molar-refractivity contribution is 7.71. The summed E-state index contributed by atoms with van der Waals surface area (Å²) in [6.07, 6.45) is 1.26. The van der Waals surface area contributed by atoms with E-state index in [1.54, 1.807) is 0 Å². The summed E-state index contributed by atoms with van der Waals surface area (Å²) in [5.74, 6) is 0. The molecule has 20 heavy (non-hydrogen) atoms. The number of nitrogens with zero attached hydrogens (tertiary/aromatic N) is 1. The van der Waals surface area contributed by atoms with Gasteiger partial charge in [-0.15, -0.1) is 0 Å². The number of para-hydroxylation sites is 1. The van der Waals surface area contributed by atoms with E-state index < -0.39 is 0 Å². The molecule has 1 fully saturated rings. The third-order valence-electron chi connectivity index (χ3n) is 4.49. The van der Waals surface area contributed by atoms with Crippen molar-refractivity contribution < 1.29 is 4.74 Å². The summed E-state index contributed by atoms with van der Waals surface area (Å²) in [5.41, 5.74) is 2.06. The van der Waals surface area contributed by atoms with Crippen molar-refractivity contribution in [2.75, 3.05) is 6.61 Å². The number of hydrogen-bond acceptors (Lipinski definition) is 2. The molecule has 3 nitrogen and oxygen atoms in total. The largest absolute Gasteiger partial charge is 0.378 e. The average molecular weight is 311 g/mol. The fraction of sp³-hybridized carbons (Fsp3) is 0.533. The second-order valence-electron chi connectivity index (χ2n) is 5.95. The number of aromatic nitrogens is 2. The van der Waals surface area contributed by atoms with Gasteiger partial charge in [0.25, 0.3) is 0 Å². The van der Waals surface area contributed by atoms with E-state index in [1.165, 1.54) is 0 Å². The monoisotopic (exact) mass is 310 g/mol. The van der Waals surface area contributed by atoms with Crippen LogP contribution in [0.25, 0.3) is 11.0 Å². The molecule has 3 rings (SSSR count). The van der Waals surface area contributed by atoms with Gasteiger partial charge in [-0.1, -0.05) is 31.5 Å². The van der Waals surface area contributed by atoms with Gasteiger partial charge < -0.3 is 14.3 Å². The quantitative estimate of drug-likeness (QED) is 0.831. The molecule has 2 unspecified atom stereocenters. The third-order valence-corrected chi connectivity index (χ3v) is 5.10. The normalized spacial score (nSPS) is 24.8. The topological polar surface area (TPSA) is 29.9 Å². The van der Waals surface area contributed by atoms with Crippen LogP contribution < -0.4 is 0 Å². The van der Waals surface area contributed by atoms with Gasteiger partial charge in [0.1, 0.15) is 0 Å². The minimum absolute atomic E-state index is 0.0581. The minimum Gasteiger partial charge on any atom is -0.378 e. The lowest BCUT2D eigenvalue weighted by Gasteiger charge is -2.52. The molecule has 1 aliphatic rings. The van der Waals surface area contributed by atoms with E-state index in [0.29, 0.717) is 6.04 Å². The van der Waals surface area contributed by atoms with E-state index >= 15 is 0 Å². The molecule has 5 heteroatoms. The van der Waals surface area contributed by atoms with Gasteiger partial charge in [-0.25, -0.2) is 0 Å². The lowest BCUT2D eigenvalue weighted by molar-refractivity contribution is -0.127. The molecular weight excluding hydrogens is 292 g/mol. The lowest BCUT2D eigenvalue weighted by Crippen LogP contribution is -2.51. The van der Waals surface area contributed by atoms with Crippen LogP contribution in [-0.2, 0) is 4.74 Å². The molecule has 0 saturated heterocycles. The molecule has 2 aromatic rings. The minimum atomic E-state index is 0.0581. The molecule has 1 saturated carbocycles. The fourth-order valence-corrected chi connectivity index (χ4v) is 3.82. The molecule has 1 aliphatic carbocycles. The Balaban J connectivity index is 2.09. The van der Waals surface area contributed by atoms with Crippen molar-refractivity contribution in [3.63, 3.8) is 0 Å². The maximum atomic E-state index is 6.37. The molecule has 1 aromatic heterocycles. The van der Waals surface area contributed by atoms with Gasteiger partial charge in [-0.2, -0.15) is 0 Å². The van der Waals surface area contributed by atoms with Crippen LogP contribution in [0.2, 0.25) is 5.02 Å². The Kier molecular flexibility index (Phi) is 3.43. The highest BCUT2D eigenvalue weighted by atomic mass is 35.5. The van der Waals surface area contributed by atoms with Gasteiger partial charge in [-0.3, -0.25) is 0 Å². The maximum Gasteiger partial charge on any atom is 0.178 e. The first kappa shape index (κ1) is 14.1. The van der Waals surface area contributed by atoms with Crippen LogP contribution in [0.15, 0.2) is 18.2 Å². The van der Waals surface area contributed by atoms with Crippen molar-refractivity contribution in [3.05, 3.63) is 28.0 Å². The molecule has 1 N–H and O–H groups in total. The summed E-state index contributed by atoms with van der Waals surface area (Å²) in [7, 11) is 0. The van der Waals surface area contributed by atoms with E-state index in [0.717, 1.165) is 33.9 Å². The van der Waals surface area contributed by atoms with Crippen LogP contribution in [0.5, 0.6) is 0 Å². The summed E-state index contributed by atoms with van der Waals surface area (Å²) in [4.78, 5) is 3.25. The number of H-pyrrole nitrogens is 1. The zero-order valence-corrected chi connectivity index (χ0v) is 13.5.